The fourth-order valence-corrected chi connectivity index (χ4v) is 2.79. The Kier molecular flexibility index (Phi) is 4.92. The lowest BCUT2D eigenvalue weighted by atomic mass is 10.0. The van der Waals surface area contributed by atoms with Gasteiger partial charge in [0.25, 0.3) is 5.91 Å². The molecule has 1 fully saturated rings. The third-order valence-electron chi connectivity index (χ3n) is 4.36. The Labute approximate surface area is 141 Å². The number of amides is 1. The third-order valence-corrected chi connectivity index (χ3v) is 4.36. The minimum Gasteiger partial charge on any atom is -0.379 e. The maximum atomic E-state index is 12.4. The van der Waals surface area contributed by atoms with Gasteiger partial charge in [-0.3, -0.25) is 9.69 Å². The largest absolute Gasteiger partial charge is 0.379 e. The summed E-state index contributed by atoms with van der Waals surface area (Å²) < 4.78 is 7.05. The second-order valence-corrected chi connectivity index (χ2v) is 6.48. The smallest absolute Gasteiger partial charge is 0.251 e. The molecule has 0 bridgehead atoms. The highest BCUT2D eigenvalue weighted by Gasteiger charge is 2.28. The number of hydrogen-bond donors (Lipinski definition) is 1. The van der Waals surface area contributed by atoms with Crippen molar-refractivity contribution in [3.05, 3.63) is 42.5 Å². The molecule has 128 valence electrons. The molecule has 0 spiro atoms. The van der Waals surface area contributed by atoms with E-state index < -0.39 is 0 Å². The van der Waals surface area contributed by atoms with Crippen molar-refractivity contribution in [2.75, 3.05) is 32.8 Å². The standard InChI is InChI=1S/C17H23N5O2/c1-17(2,21-7-9-24-10-8-21)11-19-16(23)14-3-5-15(6-4-14)22-13-18-12-20-22/h3-6,12-13H,7-11H2,1-2H3,(H,19,23). The van der Waals surface area contributed by atoms with E-state index in [1.807, 2.05) is 12.1 Å². The van der Waals surface area contributed by atoms with E-state index in [-0.39, 0.29) is 11.4 Å². The first kappa shape index (κ1) is 16.6. The van der Waals surface area contributed by atoms with Gasteiger partial charge >= 0.3 is 0 Å². The van der Waals surface area contributed by atoms with Gasteiger partial charge in [0.2, 0.25) is 0 Å². The topological polar surface area (TPSA) is 72.3 Å². The van der Waals surface area contributed by atoms with Gasteiger partial charge in [-0.2, -0.15) is 5.10 Å². The lowest BCUT2D eigenvalue weighted by molar-refractivity contribution is -0.00923. The van der Waals surface area contributed by atoms with Gasteiger partial charge in [-0.05, 0) is 38.1 Å². The van der Waals surface area contributed by atoms with Crippen LogP contribution in [0.15, 0.2) is 36.9 Å². The SMILES string of the molecule is CC(C)(CNC(=O)c1ccc(-n2cncn2)cc1)N1CCOCC1. The molecule has 3 rings (SSSR count). The van der Waals surface area contributed by atoms with Crippen molar-refractivity contribution in [2.45, 2.75) is 19.4 Å². The van der Waals surface area contributed by atoms with Gasteiger partial charge in [0.1, 0.15) is 12.7 Å². The van der Waals surface area contributed by atoms with Crippen LogP contribution in [0.1, 0.15) is 24.2 Å². The van der Waals surface area contributed by atoms with Crippen LogP contribution in [-0.4, -0.2) is 64.0 Å². The van der Waals surface area contributed by atoms with E-state index in [4.69, 9.17) is 4.74 Å². The number of rotatable bonds is 5. The molecule has 1 saturated heterocycles. The van der Waals surface area contributed by atoms with Crippen molar-refractivity contribution in [1.29, 1.82) is 0 Å². The molecule has 7 nitrogen and oxygen atoms in total. The summed E-state index contributed by atoms with van der Waals surface area (Å²) in [5, 5.41) is 7.11. The highest BCUT2D eigenvalue weighted by atomic mass is 16.5. The molecule has 1 amide bonds. The highest BCUT2D eigenvalue weighted by molar-refractivity contribution is 5.94. The number of morpholine rings is 1. The first-order valence-corrected chi connectivity index (χ1v) is 8.12. The van der Waals surface area contributed by atoms with E-state index >= 15 is 0 Å². The Morgan fingerprint density at radius 3 is 2.58 bits per heavy atom. The Hall–Kier alpha value is -2.25. The van der Waals surface area contributed by atoms with Crippen molar-refractivity contribution in [1.82, 2.24) is 25.0 Å². The predicted octanol–water partition coefficient (Wildman–Crippen LogP) is 1.11. The van der Waals surface area contributed by atoms with E-state index in [1.165, 1.54) is 6.33 Å². The maximum absolute atomic E-state index is 12.4. The molecule has 0 atom stereocenters. The Morgan fingerprint density at radius 2 is 1.96 bits per heavy atom. The molecule has 0 aliphatic carbocycles. The van der Waals surface area contributed by atoms with Gasteiger partial charge in [-0.15, -0.1) is 0 Å². The fraction of sp³-hybridized carbons (Fsp3) is 0.471. The molecule has 24 heavy (non-hydrogen) atoms. The van der Waals surface area contributed by atoms with Crippen LogP contribution in [0, 0.1) is 0 Å². The molecule has 1 aliphatic rings. The summed E-state index contributed by atoms with van der Waals surface area (Å²) in [4.78, 5) is 18.7. The summed E-state index contributed by atoms with van der Waals surface area (Å²) in [6.07, 6.45) is 3.11. The normalized spacial score (nSPS) is 16.1. The Bertz CT molecular complexity index is 661. The van der Waals surface area contributed by atoms with Crippen LogP contribution in [-0.2, 0) is 4.74 Å². The first-order chi connectivity index (χ1) is 11.6. The zero-order valence-corrected chi connectivity index (χ0v) is 14.1. The van der Waals surface area contributed by atoms with Crippen LogP contribution in [0.4, 0.5) is 0 Å². The van der Waals surface area contributed by atoms with Gasteiger partial charge in [0, 0.05) is 30.7 Å². The summed E-state index contributed by atoms with van der Waals surface area (Å²) in [7, 11) is 0. The van der Waals surface area contributed by atoms with Crippen LogP contribution >= 0.6 is 0 Å². The Morgan fingerprint density at radius 1 is 1.25 bits per heavy atom. The molecule has 1 aromatic carbocycles. The zero-order chi connectivity index (χ0) is 17.0. The molecular weight excluding hydrogens is 306 g/mol. The summed E-state index contributed by atoms with van der Waals surface area (Å²) in [5.74, 6) is -0.0681. The summed E-state index contributed by atoms with van der Waals surface area (Å²) in [5.41, 5.74) is 1.41. The predicted molar refractivity (Wildman–Crippen MR) is 90.2 cm³/mol. The lowest BCUT2D eigenvalue weighted by Crippen LogP contribution is -2.55. The molecule has 1 N–H and O–H groups in total. The molecule has 2 heterocycles. The minimum atomic E-state index is -0.0971. The number of hydrogen-bond acceptors (Lipinski definition) is 5. The fourth-order valence-electron chi connectivity index (χ4n) is 2.79. The molecule has 0 saturated carbocycles. The quantitative estimate of drug-likeness (QED) is 0.890. The van der Waals surface area contributed by atoms with E-state index in [9.17, 15) is 4.79 Å². The van der Waals surface area contributed by atoms with Crippen LogP contribution in [0.5, 0.6) is 0 Å². The number of ether oxygens (including phenoxy) is 1. The number of carbonyl (C=O) groups is 1. The van der Waals surface area contributed by atoms with Crippen LogP contribution in [0.2, 0.25) is 0 Å². The monoisotopic (exact) mass is 329 g/mol. The molecule has 0 radical (unpaired) electrons. The van der Waals surface area contributed by atoms with E-state index in [0.717, 1.165) is 32.0 Å². The number of aromatic nitrogens is 3. The molecule has 2 aromatic rings. The molecule has 7 heteroatoms. The molecular formula is C17H23N5O2. The van der Waals surface area contributed by atoms with Crippen molar-refractivity contribution < 1.29 is 9.53 Å². The number of benzene rings is 1. The van der Waals surface area contributed by atoms with Gasteiger partial charge in [0.05, 0.1) is 18.9 Å². The molecule has 0 unspecified atom stereocenters. The second kappa shape index (κ2) is 7.11. The average molecular weight is 329 g/mol. The number of nitrogens with zero attached hydrogens (tertiary/aromatic N) is 4. The van der Waals surface area contributed by atoms with Crippen molar-refractivity contribution >= 4 is 5.91 Å². The van der Waals surface area contributed by atoms with Crippen molar-refractivity contribution in [2.24, 2.45) is 0 Å². The van der Waals surface area contributed by atoms with Gasteiger partial charge in [0.15, 0.2) is 0 Å². The maximum Gasteiger partial charge on any atom is 0.251 e. The van der Waals surface area contributed by atoms with E-state index in [2.05, 4.69) is 34.1 Å². The third kappa shape index (κ3) is 3.80. The van der Waals surface area contributed by atoms with Gasteiger partial charge in [-0.25, -0.2) is 9.67 Å². The summed E-state index contributed by atoms with van der Waals surface area (Å²) in [6.45, 7) is 8.18. The molecule has 1 aliphatic heterocycles. The van der Waals surface area contributed by atoms with Crippen molar-refractivity contribution in [3.8, 4) is 5.69 Å². The van der Waals surface area contributed by atoms with E-state index in [0.29, 0.717) is 12.1 Å². The zero-order valence-electron chi connectivity index (χ0n) is 14.1. The van der Waals surface area contributed by atoms with Crippen LogP contribution in [0.25, 0.3) is 5.69 Å². The highest BCUT2D eigenvalue weighted by Crippen LogP contribution is 2.15. The Balaban J connectivity index is 1.58. The molecule has 1 aromatic heterocycles. The number of nitrogens with one attached hydrogen (secondary N) is 1. The van der Waals surface area contributed by atoms with Crippen LogP contribution in [0.3, 0.4) is 0 Å². The number of carbonyl (C=O) groups excluding carboxylic acids is 1. The van der Waals surface area contributed by atoms with Gasteiger partial charge < -0.3 is 10.1 Å². The minimum absolute atomic E-state index is 0.0681. The second-order valence-electron chi connectivity index (χ2n) is 6.48. The van der Waals surface area contributed by atoms with E-state index in [1.54, 1.807) is 23.1 Å². The summed E-state index contributed by atoms with van der Waals surface area (Å²) in [6, 6.07) is 7.32. The lowest BCUT2D eigenvalue weighted by Gasteiger charge is -2.40. The summed E-state index contributed by atoms with van der Waals surface area (Å²) >= 11 is 0. The van der Waals surface area contributed by atoms with Crippen LogP contribution < -0.4 is 5.32 Å². The first-order valence-electron chi connectivity index (χ1n) is 8.12. The van der Waals surface area contributed by atoms with Gasteiger partial charge in [-0.1, -0.05) is 0 Å². The van der Waals surface area contributed by atoms with Crippen molar-refractivity contribution in [3.63, 3.8) is 0 Å². The average Bonchev–Trinajstić information content (AvgIpc) is 3.15.